The summed E-state index contributed by atoms with van der Waals surface area (Å²) in [4.78, 5) is 45.4. The van der Waals surface area contributed by atoms with E-state index in [-0.39, 0.29) is 28.9 Å². The molecular formula is C22H25N3O3S. The van der Waals surface area contributed by atoms with Gasteiger partial charge < -0.3 is 4.98 Å². The number of ketones is 2. The van der Waals surface area contributed by atoms with Crippen LogP contribution in [-0.4, -0.2) is 31.9 Å². The van der Waals surface area contributed by atoms with Gasteiger partial charge in [-0.1, -0.05) is 30.8 Å². The number of nitrogens with one attached hydrogen (secondary N) is 1. The number of aryl methyl sites for hydroxylation is 1. The van der Waals surface area contributed by atoms with Gasteiger partial charge in [-0.2, -0.15) is 0 Å². The summed E-state index contributed by atoms with van der Waals surface area (Å²) in [5, 5.41) is 1.11. The lowest BCUT2D eigenvalue weighted by Crippen LogP contribution is -2.26. The molecule has 0 aliphatic rings. The Kier molecular flexibility index (Phi) is 6.07. The Hall–Kier alpha value is -2.67. The van der Waals surface area contributed by atoms with Crippen LogP contribution in [0.2, 0.25) is 0 Å². The molecular weight excluding hydrogens is 386 g/mol. The number of nitrogens with zero attached hydrogens (tertiary/aromatic N) is 2. The van der Waals surface area contributed by atoms with E-state index in [0.717, 1.165) is 6.42 Å². The Morgan fingerprint density at radius 3 is 2.55 bits per heavy atom. The number of hydrogen-bond acceptors (Lipinski definition) is 5. The molecule has 0 aliphatic heterocycles. The van der Waals surface area contributed by atoms with Crippen LogP contribution < -0.4 is 5.56 Å². The standard InChI is InChI=1S/C22H25N3O3S/c1-6-12(2)25-21(28)16-9-7-8-10-17(16)24-22(25)29-11-18(27)20-13(3)19(15(5)26)14(4)23-20/h7-10,12,23H,6,11H2,1-5H3/t12-/m1/s1. The van der Waals surface area contributed by atoms with Crippen LogP contribution >= 0.6 is 11.8 Å². The topological polar surface area (TPSA) is 84.8 Å². The summed E-state index contributed by atoms with van der Waals surface area (Å²) in [5.74, 6) is -0.0646. The minimum atomic E-state index is -0.124. The first-order valence-electron chi connectivity index (χ1n) is 9.63. The van der Waals surface area contributed by atoms with Crippen molar-refractivity contribution in [2.24, 2.45) is 0 Å². The number of H-pyrrole nitrogens is 1. The Labute approximate surface area is 173 Å². The van der Waals surface area contributed by atoms with E-state index in [2.05, 4.69) is 9.97 Å². The first-order valence-corrected chi connectivity index (χ1v) is 10.6. The molecule has 1 atom stereocenters. The Balaban J connectivity index is 1.96. The monoisotopic (exact) mass is 411 g/mol. The molecule has 2 aromatic heterocycles. The van der Waals surface area contributed by atoms with Gasteiger partial charge >= 0.3 is 0 Å². The fraction of sp³-hybridized carbons (Fsp3) is 0.364. The van der Waals surface area contributed by atoms with Crippen LogP contribution in [-0.2, 0) is 0 Å². The molecule has 2 heterocycles. The number of hydrogen-bond donors (Lipinski definition) is 1. The highest BCUT2D eigenvalue weighted by Crippen LogP contribution is 2.25. The highest BCUT2D eigenvalue weighted by atomic mass is 32.2. The van der Waals surface area contributed by atoms with Crippen LogP contribution in [0.1, 0.15) is 65.3 Å². The minimum Gasteiger partial charge on any atom is -0.355 e. The summed E-state index contributed by atoms with van der Waals surface area (Å²) >= 11 is 1.25. The first-order chi connectivity index (χ1) is 13.8. The summed E-state index contributed by atoms with van der Waals surface area (Å²) < 4.78 is 1.67. The van der Waals surface area contributed by atoms with E-state index in [0.29, 0.717) is 38.6 Å². The molecule has 152 valence electrons. The summed E-state index contributed by atoms with van der Waals surface area (Å²) in [6.45, 7) is 9.05. The van der Waals surface area contributed by atoms with Crippen LogP contribution in [0.3, 0.4) is 0 Å². The zero-order valence-electron chi connectivity index (χ0n) is 17.3. The van der Waals surface area contributed by atoms with Crippen molar-refractivity contribution in [2.75, 3.05) is 5.75 Å². The minimum absolute atomic E-state index is 0.0315. The third-order valence-corrected chi connectivity index (χ3v) is 6.16. The lowest BCUT2D eigenvalue weighted by molar-refractivity contribution is 0.101. The maximum absolute atomic E-state index is 13.0. The second kappa shape index (κ2) is 8.37. The number of benzene rings is 1. The van der Waals surface area contributed by atoms with E-state index in [1.54, 1.807) is 30.5 Å². The zero-order valence-corrected chi connectivity index (χ0v) is 18.1. The van der Waals surface area contributed by atoms with Gasteiger partial charge in [-0.05, 0) is 51.8 Å². The van der Waals surface area contributed by atoms with Crippen LogP contribution in [0, 0.1) is 13.8 Å². The van der Waals surface area contributed by atoms with Crippen molar-refractivity contribution in [1.29, 1.82) is 0 Å². The fourth-order valence-electron chi connectivity index (χ4n) is 3.56. The lowest BCUT2D eigenvalue weighted by Gasteiger charge is -2.18. The van der Waals surface area contributed by atoms with Crippen LogP contribution in [0.25, 0.3) is 10.9 Å². The number of aromatic nitrogens is 3. The predicted molar refractivity (Wildman–Crippen MR) is 116 cm³/mol. The van der Waals surface area contributed by atoms with E-state index in [1.165, 1.54) is 18.7 Å². The van der Waals surface area contributed by atoms with Gasteiger partial charge in [0.25, 0.3) is 5.56 Å². The van der Waals surface area contributed by atoms with E-state index < -0.39 is 0 Å². The van der Waals surface area contributed by atoms with Crippen molar-refractivity contribution in [3.05, 3.63) is 57.1 Å². The summed E-state index contributed by atoms with van der Waals surface area (Å²) in [7, 11) is 0. The predicted octanol–water partition coefficient (Wildman–Crippen LogP) is 4.49. The van der Waals surface area contributed by atoms with Gasteiger partial charge in [-0.15, -0.1) is 0 Å². The largest absolute Gasteiger partial charge is 0.355 e. The smallest absolute Gasteiger partial charge is 0.262 e. The molecule has 0 bridgehead atoms. The fourth-order valence-corrected chi connectivity index (χ4v) is 4.53. The van der Waals surface area contributed by atoms with Crippen molar-refractivity contribution in [1.82, 2.24) is 14.5 Å². The molecule has 0 saturated carbocycles. The normalized spacial score (nSPS) is 12.3. The third-order valence-electron chi connectivity index (χ3n) is 5.21. The van der Waals surface area contributed by atoms with Crippen molar-refractivity contribution >= 4 is 34.2 Å². The average molecular weight is 412 g/mol. The van der Waals surface area contributed by atoms with E-state index in [1.807, 2.05) is 26.0 Å². The number of carbonyl (C=O) groups excluding carboxylic acids is 2. The molecule has 0 aliphatic carbocycles. The average Bonchev–Trinajstić information content (AvgIpc) is 3.00. The van der Waals surface area contributed by atoms with Gasteiger partial charge in [0.15, 0.2) is 16.7 Å². The van der Waals surface area contributed by atoms with Gasteiger partial charge in [0.2, 0.25) is 0 Å². The Morgan fingerprint density at radius 2 is 1.93 bits per heavy atom. The van der Waals surface area contributed by atoms with Gasteiger partial charge in [0.1, 0.15) is 0 Å². The highest BCUT2D eigenvalue weighted by Gasteiger charge is 2.21. The Bertz CT molecular complexity index is 1160. The molecule has 0 unspecified atom stereocenters. The third kappa shape index (κ3) is 3.92. The molecule has 6 nitrogen and oxygen atoms in total. The molecule has 1 aromatic carbocycles. The van der Waals surface area contributed by atoms with E-state index in [4.69, 9.17) is 0 Å². The van der Waals surface area contributed by atoms with Crippen LogP contribution in [0.15, 0.2) is 34.2 Å². The van der Waals surface area contributed by atoms with Gasteiger partial charge in [0, 0.05) is 17.3 Å². The number of rotatable bonds is 7. The van der Waals surface area contributed by atoms with Crippen molar-refractivity contribution in [2.45, 2.75) is 52.2 Å². The van der Waals surface area contributed by atoms with E-state index in [9.17, 15) is 14.4 Å². The van der Waals surface area contributed by atoms with E-state index >= 15 is 0 Å². The zero-order chi connectivity index (χ0) is 21.3. The number of fused-ring (bicyclic) bond motifs is 1. The molecule has 29 heavy (non-hydrogen) atoms. The van der Waals surface area contributed by atoms with Crippen molar-refractivity contribution in [3.63, 3.8) is 0 Å². The van der Waals surface area contributed by atoms with Crippen LogP contribution in [0.5, 0.6) is 0 Å². The second-order valence-corrected chi connectivity index (χ2v) is 8.18. The summed E-state index contributed by atoms with van der Waals surface area (Å²) in [5.41, 5.74) is 2.91. The second-order valence-electron chi connectivity index (χ2n) is 7.24. The summed E-state index contributed by atoms with van der Waals surface area (Å²) in [6.07, 6.45) is 0.776. The lowest BCUT2D eigenvalue weighted by atomic mass is 10.1. The highest BCUT2D eigenvalue weighted by molar-refractivity contribution is 7.99. The molecule has 7 heteroatoms. The number of para-hydroxylation sites is 1. The number of Topliss-reactive ketones (excluding diaryl/α,β-unsaturated/α-hetero) is 2. The molecule has 0 saturated heterocycles. The summed E-state index contributed by atoms with van der Waals surface area (Å²) in [6, 6.07) is 7.22. The number of carbonyl (C=O) groups is 2. The maximum Gasteiger partial charge on any atom is 0.262 e. The molecule has 0 spiro atoms. The molecule has 0 fully saturated rings. The quantitative estimate of drug-likeness (QED) is 0.352. The van der Waals surface area contributed by atoms with Gasteiger partial charge in [-0.3, -0.25) is 19.0 Å². The molecule has 0 radical (unpaired) electrons. The molecule has 0 amide bonds. The molecule has 3 aromatic rings. The van der Waals surface area contributed by atoms with Crippen LogP contribution in [0.4, 0.5) is 0 Å². The molecule has 3 rings (SSSR count). The molecule has 1 N–H and O–H groups in total. The van der Waals surface area contributed by atoms with Crippen molar-refractivity contribution < 1.29 is 9.59 Å². The first kappa shape index (κ1) is 21.0. The Morgan fingerprint density at radius 1 is 1.24 bits per heavy atom. The van der Waals surface area contributed by atoms with Gasteiger partial charge in [0.05, 0.1) is 22.3 Å². The number of aromatic amines is 1. The van der Waals surface area contributed by atoms with Crippen molar-refractivity contribution in [3.8, 4) is 0 Å². The SMILES string of the molecule is CC[C@@H](C)n1c(SCC(=O)c2[nH]c(C)c(C(C)=O)c2C)nc2ccccc2c1=O. The maximum atomic E-state index is 13.0. The number of thioether (sulfide) groups is 1. The van der Waals surface area contributed by atoms with Gasteiger partial charge in [-0.25, -0.2) is 4.98 Å².